The quantitative estimate of drug-likeness (QED) is 0.299. The smallest absolute Gasteiger partial charge is 0.191 e. The van der Waals surface area contributed by atoms with Crippen LogP contribution in [0.5, 0.6) is 0 Å². The summed E-state index contributed by atoms with van der Waals surface area (Å²) in [7, 11) is 0. The number of rotatable bonds is 8. The Labute approximate surface area is 130 Å². The largest absolute Gasteiger partial charge is 0.357 e. The summed E-state index contributed by atoms with van der Waals surface area (Å²) in [4.78, 5) is 4.60. The summed E-state index contributed by atoms with van der Waals surface area (Å²) in [5.41, 5.74) is 0. The van der Waals surface area contributed by atoms with Crippen molar-refractivity contribution in [2.75, 3.05) is 19.6 Å². The second kappa shape index (κ2) is 10.9. The molecule has 4 heteroatoms. The molecule has 0 radical (unpaired) electrons. The lowest BCUT2D eigenvalue weighted by atomic mass is 10.1. The summed E-state index contributed by atoms with van der Waals surface area (Å²) in [6, 6.07) is 0. The predicted octanol–water partition coefficient (Wildman–Crippen LogP) is 3.40. The molecule has 0 unspecified atom stereocenters. The number of halogens is 1. The third-order valence-electron chi connectivity index (χ3n) is 3.10. The highest BCUT2D eigenvalue weighted by molar-refractivity contribution is 14.0. The normalized spacial score (nSPS) is 15.4. The van der Waals surface area contributed by atoms with Gasteiger partial charge in [0.25, 0.3) is 0 Å². The standard InChI is InChI=1S/C14H29N3.HI/c1-4-15-14(16-10-5-6-12(2)3)17-11-9-13-7-8-13;/h12-13H,4-11H2,1-3H3,(H2,15,16,17);1H. The molecule has 0 heterocycles. The van der Waals surface area contributed by atoms with Gasteiger partial charge < -0.3 is 10.6 Å². The monoisotopic (exact) mass is 367 g/mol. The van der Waals surface area contributed by atoms with E-state index in [1.165, 1.54) is 32.1 Å². The Bertz CT molecular complexity index is 225. The average molecular weight is 367 g/mol. The Morgan fingerprint density at radius 1 is 1.28 bits per heavy atom. The second-order valence-corrected chi connectivity index (χ2v) is 5.46. The van der Waals surface area contributed by atoms with E-state index in [0.717, 1.165) is 37.4 Å². The van der Waals surface area contributed by atoms with E-state index in [9.17, 15) is 0 Å². The van der Waals surface area contributed by atoms with E-state index < -0.39 is 0 Å². The maximum absolute atomic E-state index is 4.60. The molecule has 0 aromatic rings. The molecule has 0 spiro atoms. The molecule has 1 aliphatic carbocycles. The van der Waals surface area contributed by atoms with Crippen molar-refractivity contribution in [2.24, 2.45) is 16.8 Å². The van der Waals surface area contributed by atoms with Crippen molar-refractivity contribution in [3.8, 4) is 0 Å². The molecule has 0 aromatic heterocycles. The molecular weight excluding hydrogens is 337 g/mol. The SMILES string of the molecule is CCNC(=NCCCC(C)C)NCCC1CC1.I. The number of hydrogen-bond acceptors (Lipinski definition) is 1. The van der Waals surface area contributed by atoms with Crippen molar-refractivity contribution in [3.63, 3.8) is 0 Å². The number of aliphatic imine (C=N–C) groups is 1. The molecule has 0 aromatic carbocycles. The molecule has 1 saturated carbocycles. The van der Waals surface area contributed by atoms with E-state index in [0.29, 0.717) is 0 Å². The molecule has 108 valence electrons. The van der Waals surface area contributed by atoms with Crippen LogP contribution in [0.3, 0.4) is 0 Å². The van der Waals surface area contributed by atoms with E-state index in [1.54, 1.807) is 0 Å². The molecule has 0 bridgehead atoms. The van der Waals surface area contributed by atoms with Gasteiger partial charge in [-0.2, -0.15) is 0 Å². The van der Waals surface area contributed by atoms with E-state index in [4.69, 9.17) is 0 Å². The fourth-order valence-electron chi connectivity index (χ4n) is 1.83. The van der Waals surface area contributed by atoms with Gasteiger partial charge >= 0.3 is 0 Å². The zero-order valence-electron chi connectivity index (χ0n) is 12.2. The fourth-order valence-corrected chi connectivity index (χ4v) is 1.83. The first-order chi connectivity index (χ1) is 8.22. The maximum atomic E-state index is 4.60. The summed E-state index contributed by atoms with van der Waals surface area (Å²) in [5, 5.41) is 6.72. The van der Waals surface area contributed by atoms with Crippen LogP contribution in [0.1, 0.15) is 52.9 Å². The number of nitrogens with zero attached hydrogens (tertiary/aromatic N) is 1. The summed E-state index contributed by atoms with van der Waals surface area (Å²) in [5.74, 6) is 2.78. The molecule has 0 saturated heterocycles. The summed E-state index contributed by atoms with van der Waals surface area (Å²) in [6.07, 6.45) is 6.63. The molecule has 1 rings (SSSR count). The van der Waals surface area contributed by atoms with Gasteiger partial charge in [0.1, 0.15) is 0 Å². The number of hydrogen-bond donors (Lipinski definition) is 2. The Balaban J connectivity index is 0.00000289. The minimum Gasteiger partial charge on any atom is -0.357 e. The predicted molar refractivity (Wildman–Crippen MR) is 90.8 cm³/mol. The Morgan fingerprint density at radius 2 is 2.00 bits per heavy atom. The van der Waals surface area contributed by atoms with Crippen LogP contribution in [-0.4, -0.2) is 25.6 Å². The molecular formula is C14H30IN3. The third kappa shape index (κ3) is 9.97. The van der Waals surface area contributed by atoms with Crippen molar-refractivity contribution < 1.29 is 0 Å². The van der Waals surface area contributed by atoms with Gasteiger partial charge in [0.15, 0.2) is 5.96 Å². The molecule has 18 heavy (non-hydrogen) atoms. The van der Waals surface area contributed by atoms with E-state index >= 15 is 0 Å². The van der Waals surface area contributed by atoms with Gasteiger partial charge in [-0.3, -0.25) is 4.99 Å². The van der Waals surface area contributed by atoms with E-state index in [2.05, 4.69) is 36.4 Å². The highest BCUT2D eigenvalue weighted by Gasteiger charge is 2.20. The lowest BCUT2D eigenvalue weighted by Gasteiger charge is -2.11. The highest BCUT2D eigenvalue weighted by atomic mass is 127. The van der Waals surface area contributed by atoms with E-state index in [1.807, 2.05) is 0 Å². The maximum Gasteiger partial charge on any atom is 0.191 e. The van der Waals surface area contributed by atoms with Crippen molar-refractivity contribution in [1.29, 1.82) is 0 Å². The number of guanidine groups is 1. The van der Waals surface area contributed by atoms with Gasteiger partial charge in [0.2, 0.25) is 0 Å². The molecule has 3 nitrogen and oxygen atoms in total. The number of nitrogens with one attached hydrogen (secondary N) is 2. The van der Waals surface area contributed by atoms with Crippen molar-refractivity contribution in [2.45, 2.75) is 52.9 Å². The van der Waals surface area contributed by atoms with Gasteiger partial charge in [0.05, 0.1) is 0 Å². The lowest BCUT2D eigenvalue weighted by Crippen LogP contribution is -2.38. The average Bonchev–Trinajstić information content (AvgIpc) is 3.08. The van der Waals surface area contributed by atoms with Crippen LogP contribution in [0, 0.1) is 11.8 Å². The topological polar surface area (TPSA) is 36.4 Å². The van der Waals surface area contributed by atoms with Gasteiger partial charge in [-0.25, -0.2) is 0 Å². The first-order valence-corrected chi connectivity index (χ1v) is 7.24. The molecule has 1 aliphatic rings. The molecule has 0 amide bonds. The molecule has 1 fully saturated rings. The summed E-state index contributed by atoms with van der Waals surface area (Å²) >= 11 is 0. The molecule has 0 aliphatic heterocycles. The summed E-state index contributed by atoms with van der Waals surface area (Å²) < 4.78 is 0. The van der Waals surface area contributed by atoms with Crippen molar-refractivity contribution in [1.82, 2.24) is 10.6 Å². The zero-order valence-corrected chi connectivity index (χ0v) is 14.5. The fraction of sp³-hybridized carbons (Fsp3) is 0.929. The second-order valence-electron chi connectivity index (χ2n) is 5.46. The van der Waals surface area contributed by atoms with Crippen LogP contribution in [0.4, 0.5) is 0 Å². The van der Waals surface area contributed by atoms with Crippen LogP contribution in [-0.2, 0) is 0 Å². The van der Waals surface area contributed by atoms with Crippen LogP contribution in [0.15, 0.2) is 4.99 Å². The van der Waals surface area contributed by atoms with Crippen LogP contribution in [0.25, 0.3) is 0 Å². The Kier molecular flexibility index (Phi) is 10.9. The van der Waals surface area contributed by atoms with Crippen LogP contribution < -0.4 is 10.6 Å². The van der Waals surface area contributed by atoms with Crippen LogP contribution >= 0.6 is 24.0 Å². The first kappa shape index (κ1) is 18.0. The van der Waals surface area contributed by atoms with E-state index in [-0.39, 0.29) is 24.0 Å². The minimum atomic E-state index is 0. The molecule has 0 atom stereocenters. The molecule has 2 N–H and O–H groups in total. The zero-order chi connectivity index (χ0) is 12.5. The first-order valence-electron chi connectivity index (χ1n) is 7.24. The summed E-state index contributed by atoms with van der Waals surface area (Å²) in [6.45, 7) is 9.61. The van der Waals surface area contributed by atoms with Gasteiger partial charge in [-0.1, -0.05) is 26.7 Å². The minimum absolute atomic E-state index is 0. The van der Waals surface area contributed by atoms with Crippen molar-refractivity contribution in [3.05, 3.63) is 0 Å². The lowest BCUT2D eigenvalue weighted by molar-refractivity contribution is 0.560. The third-order valence-corrected chi connectivity index (χ3v) is 3.10. The van der Waals surface area contributed by atoms with Crippen LogP contribution in [0.2, 0.25) is 0 Å². The Hall–Kier alpha value is 0. The van der Waals surface area contributed by atoms with Crippen molar-refractivity contribution >= 4 is 29.9 Å². The van der Waals surface area contributed by atoms with Gasteiger partial charge in [-0.15, -0.1) is 24.0 Å². The Morgan fingerprint density at radius 3 is 2.56 bits per heavy atom. The van der Waals surface area contributed by atoms with Gasteiger partial charge in [-0.05, 0) is 38.0 Å². The highest BCUT2D eigenvalue weighted by Crippen LogP contribution is 2.31. The van der Waals surface area contributed by atoms with Gasteiger partial charge in [0, 0.05) is 19.6 Å².